The van der Waals surface area contributed by atoms with Crippen LogP contribution in [0.15, 0.2) is 0 Å². The smallest absolute Gasteiger partial charge is 0.0576 e. The molecule has 1 aliphatic heterocycles. The third-order valence-corrected chi connectivity index (χ3v) is 4.57. The lowest BCUT2D eigenvalue weighted by Crippen LogP contribution is -2.22. The average Bonchev–Trinajstić information content (AvgIpc) is 2.75. The summed E-state index contributed by atoms with van der Waals surface area (Å²) in [6, 6.07) is 0. The van der Waals surface area contributed by atoms with Crippen LogP contribution in [0.2, 0.25) is 0 Å². The first-order chi connectivity index (χ1) is 7.70. The summed E-state index contributed by atoms with van der Waals surface area (Å²) in [6.07, 6.45) is 8.15. The summed E-state index contributed by atoms with van der Waals surface area (Å²) >= 11 is 0. The van der Waals surface area contributed by atoms with Crippen LogP contribution in [-0.2, 0) is 15.5 Å². The summed E-state index contributed by atoms with van der Waals surface area (Å²) in [5.41, 5.74) is 0. The molecule has 0 amide bonds. The van der Waals surface area contributed by atoms with E-state index in [4.69, 9.17) is 4.74 Å². The Balaban J connectivity index is 1.86. The molecule has 4 heteroatoms. The van der Waals surface area contributed by atoms with Gasteiger partial charge in [-0.25, -0.2) is 0 Å². The van der Waals surface area contributed by atoms with E-state index >= 15 is 0 Å². The molecule has 3 unspecified atom stereocenters. The molecule has 0 aromatic rings. The summed E-state index contributed by atoms with van der Waals surface area (Å²) in [4.78, 5) is 0. The van der Waals surface area contributed by atoms with Gasteiger partial charge in [-0.3, -0.25) is 4.21 Å². The maximum absolute atomic E-state index is 11.1. The molecule has 0 aliphatic carbocycles. The second-order valence-electron chi connectivity index (χ2n) is 4.63. The molecule has 1 saturated heterocycles. The fourth-order valence-corrected chi connectivity index (χ4v) is 2.37. The zero-order valence-electron chi connectivity index (χ0n) is 10.5. The largest absolute Gasteiger partial charge is 0.378 e. The average molecular weight is 247 g/mol. The molecule has 0 aromatic heterocycles. The van der Waals surface area contributed by atoms with E-state index in [1.54, 1.807) is 6.26 Å². The maximum atomic E-state index is 11.1. The van der Waals surface area contributed by atoms with E-state index in [0.717, 1.165) is 26.1 Å². The van der Waals surface area contributed by atoms with Crippen molar-refractivity contribution in [3.05, 3.63) is 0 Å². The fourth-order valence-electron chi connectivity index (χ4n) is 1.92. The van der Waals surface area contributed by atoms with E-state index in [1.165, 1.54) is 25.7 Å². The van der Waals surface area contributed by atoms with Gasteiger partial charge in [-0.05, 0) is 45.2 Å². The predicted molar refractivity (Wildman–Crippen MR) is 69.2 cm³/mol. The van der Waals surface area contributed by atoms with Gasteiger partial charge in [0.1, 0.15) is 0 Å². The minimum Gasteiger partial charge on any atom is -0.378 e. The van der Waals surface area contributed by atoms with Crippen molar-refractivity contribution in [2.75, 3.05) is 26.0 Å². The van der Waals surface area contributed by atoms with Gasteiger partial charge < -0.3 is 10.1 Å². The Hall–Kier alpha value is 0.0700. The van der Waals surface area contributed by atoms with Crippen LogP contribution in [0.25, 0.3) is 0 Å². The third kappa shape index (κ3) is 5.97. The molecule has 0 aromatic carbocycles. The number of rotatable bonds is 8. The van der Waals surface area contributed by atoms with Gasteiger partial charge in [-0.1, -0.05) is 6.92 Å². The second kappa shape index (κ2) is 8.20. The van der Waals surface area contributed by atoms with Crippen molar-refractivity contribution in [2.45, 2.75) is 50.4 Å². The summed E-state index contributed by atoms with van der Waals surface area (Å²) < 4.78 is 16.7. The second-order valence-corrected chi connectivity index (χ2v) is 6.43. The van der Waals surface area contributed by atoms with Crippen molar-refractivity contribution >= 4 is 10.8 Å². The number of hydrogen-bond acceptors (Lipinski definition) is 3. The van der Waals surface area contributed by atoms with E-state index < -0.39 is 10.8 Å². The minimum atomic E-state index is -0.679. The Morgan fingerprint density at radius 2 is 2.31 bits per heavy atom. The Morgan fingerprint density at radius 3 is 2.94 bits per heavy atom. The van der Waals surface area contributed by atoms with Crippen LogP contribution in [-0.4, -0.2) is 41.5 Å². The van der Waals surface area contributed by atoms with Crippen LogP contribution in [0.1, 0.15) is 39.0 Å². The summed E-state index contributed by atoms with van der Waals surface area (Å²) in [5.74, 6) is 0. The lowest BCUT2D eigenvalue weighted by Gasteiger charge is -2.11. The number of ether oxygens (including phenoxy) is 1. The zero-order valence-corrected chi connectivity index (χ0v) is 11.4. The maximum Gasteiger partial charge on any atom is 0.0576 e. The monoisotopic (exact) mass is 247 g/mol. The molecule has 1 heterocycles. The molecule has 0 saturated carbocycles. The van der Waals surface area contributed by atoms with Gasteiger partial charge in [0.2, 0.25) is 0 Å². The van der Waals surface area contributed by atoms with E-state index in [0.29, 0.717) is 11.4 Å². The van der Waals surface area contributed by atoms with Gasteiger partial charge >= 0.3 is 0 Å². The highest BCUT2D eigenvalue weighted by molar-refractivity contribution is 7.84. The van der Waals surface area contributed by atoms with Gasteiger partial charge in [-0.2, -0.15) is 0 Å². The third-order valence-electron chi connectivity index (χ3n) is 3.20. The summed E-state index contributed by atoms with van der Waals surface area (Å²) in [5, 5.41) is 3.72. The molecule has 96 valence electrons. The molecule has 1 N–H and O–H groups in total. The molecule has 3 nitrogen and oxygen atoms in total. The van der Waals surface area contributed by atoms with Crippen molar-refractivity contribution in [3.63, 3.8) is 0 Å². The SMILES string of the molecule is CC(CCNCCCC1CCCO1)S(C)=O. The van der Waals surface area contributed by atoms with Crippen molar-refractivity contribution < 1.29 is 8.95 Å². The first kappa shape index (κ1) is 14.1. The highest BCUT2D eigenvalue weighted by Gasteiger charge is 2.14. The van der Waals surface area contributed by atoms with Crippen LogP contribution in [0.4, 0.5) is 0 Å². The van der Waals surface area contributed by atoms with E-state index in [2.05, 4.69) is 5.32 Å². The molecule has 16 heavy (non-hydrogen) atoms. The Morgan fingerprint density at radius 1 is 1.50 bits per heavy atom. The molecule has 3 atom stereocenters. The normalized spacial score (nSPS) is 24.5. The van der Waals surface area contributed by atoms with Crippen molar-refractivity contribution in [1.82, 2.24) is 5.32 Å². The van der Waals surface area contributed by atoms with Gasteiger partial charge in [0, 0.05) is 28.9 Å². The molecule has 1 fully saturated rings. The van der Waals surface area contributed by atoms with Crippen LogP contribution >= 0.6 is 0 Å². The highest BCUT2D eigenvalue weighted by Crippen LogP contribution is 2.16. The van der Waals surface area contributed by atoms with E-state index in [9.17, 15) is 4.21 Å². The van der Waals surface area contributed by atoms with Gasteiger partial charge in [-0.15, -0.1) is 0 Å². The standard InChI is InChI=1S/C12H25NO2S/c1-11(16(2)14)7-9-13-8-3-5-12-6-4-10-15-12/h11-13H,3-10H2,1-2H3. The van der Waals surface area contributed by atoms with Gasteiger partial charge in [0.25, 0.3) is 0 Å². The lowest BCUT2D eigenvalue weighted by atomic mass is 10.1. The van der Waals surface area contributed by atoms with Crippen LogP contribution < -0.4 is 5.32 Å². The topological polar surface area (TPSA) is 38.3 Å². The van der Waals surface area contributed by atoms with Gasteiger partial charge in [0.15, 0.2) is 0 Å². The Bertz CT molecular complexity index is 205. The number of nitrogens with one attached hydrogen (secondary N) is 1. The minimum absolute atomic E-state index is 0.311. The highest BCUT2D eigenvalue weighted by atomic mass is 32.2. The van der Waals surface area contributed by atoms with Crippen molar-refractivity contribution in [3.8, 4) is 0 Å². The summed E-state index contributed by atoms with van der Waals surface area (Å²) in [6.45, 7) is 5.04. The first-order valence-electron chi connectivity index (χ1n) is 6.34. The van der Waals surface area contributed by atoms with Crippen LogP contribution in [0.3, 0.4) is 0 Å². The van der Waals surface area contributed by atoms with Gasteiger partial charge in [0.05, 0.1) is 6.10 Å². The van der Waals surface area contributed by atoms with Crippen molar-refractivity contribution in [2.24, 2.45) is 0 Å². The Kier molecular flexibility index (Phi) is 7.25. The zero-order chi connectivity index (χ0) is 11.8. The van der Waals surface area contributed by atoms with Crippen molar-refractivity contribution in [1.29, 1.82) is 0 Å². The molecule has 1 rings (SSSR count). The molecule has 0 radical (unpaired) electrons. The van der Waals surface area contributed by atoms with E-state index in [-0.39, 0.29) is 0 Å². The summed E-state index contributed by atoms with van der Waals surface area (Å²) in [7, 11) is -0.679. The molecular weight excluding hydrogens is 222 g/mol. The molecular formula is C12H25NO2S. The molecule has 0 spiro atoms. The quantitative estimate of drug-likeness (QED) is 0.663. The molecule has 0 bridgehead atoms. The lowest BCUT2D eigenvalue weighted by molar-refractivity contribution is 0.102. The predicted octanol–water partition coefficient (Wildman–Crippen LogP) is 1.69. The first-order valence-corrected chi connectivity index (χ1v) is 7.97. The van der Waals surface area contributed by atoms with E-state index in [1.807, 2.05) is 6.92 Å². The molecule has 1 aliphatic rings. The number of hydrogen-bond donors (Lipinski definition) is 1. The Labute approximate surface area is 102 Å². The van der Waals surface area contributed by atoms with Crippen LogP contribution in [0.5, 0.6) is 0 Å². The fraction of sp³-hybridized carbons (Fsp3) is 1.00. The van der Waals surface area contributed by atoms with Crippen LogP contribution in [0, 0.1) is 0 Å².